The van der Waals surface area contributed by atoms with Crippen LogP contribution in [-0.4, -0.2) is 49.8 Å². The van der Waals surface area contributed by atoms with E-state index >= 15 is 0 Å². The third-order valence-electron chi connectivity index (χ3n) is 3.27. The van der Waals surface area contributed by atoms with Crippen molar-refractivity contribution in [2.75, 3.05) is 6.61 Å². The standard InChI is InChI=1S/C12H14N2O4/c15-5-9-10(16)11(17)12(18-9)14-6-13-7-3-1-2-4-8(7)14/h1-4,6,9-12,15-17H,5H2/t9-,10?,11?,12+/m1/s1. The van der Waals surface area contributed by atoms with Crippen molar-refractivity contribution in [3.63, 3.8) is 0 Å². The summed E-state index contributed by atoms with van der Waals surface area (Å²) in [5, 5.41) is 28.7. The first-order valence-corrected chi connectivity index (χ1v) is 5.76. The largest absolute Gasteiger partial charge is 0.394 e. The SMILES string of the molecule is OC[C@H]1O[C@H](n2cnc3ccccc32)C(O)C1O. The number of aromatic nitrogens is 2. The Morgan fingerprint density at radius 1 is 1.22 bits per heavy atom. The van der Waals surface area contributed by atoms with Crippen molar-refractivity contribution in [3.05, 3.63) is 30.6 Å². The van der Waals surface area contributed by atoms with Gasteiger partial charge in [0, 0.05) is 0 Å². The van der Waals surface area contributed by atoms with Gasteiger partial charge in [0.2, 0.25) is 0 Å². The van der Waals surface area contributed by atoms with Crippen LogP contribution in [0.15, 0.2) is 30.6 Å². The maximum Gasteiger partial charge on any atom is 0.164 e. The van der Waals surface area contributed by atoms with Gasteiger partial charge in [-0.1, -0.05) is 12.1 Å². The van der Waals surface area contributed by atoms with Gasteiger partial charge in [-0.25, -0.2) is 4.98 Å². The zero-order chi connectivity index (χ0) is 12.7. The molecule has 18 heavy (non-hydrogen) atoms. The minimum Gasteiger partial charge on any atom is -0.394 e. The molecule has 0 spiro atoms. The third-order valence-corrected chi connectivity index (χ3v) is 3.27. The van der Waals surface area contributed by atoms with E-state index in [0.29, 0.717) is 0 Å². The first-order chi connectivity index (χ1) is 8.72. The molecule has 96 valence electrons. The smallest absolute Gasteiger partial charge is 0.164 e. The van der Waals surface area contributed by atoms with E-state index in [2.05, 4.69) is 4.98 Å². The number of aliphatic hydroxyl groups excluding tert-OH is 3. The number of hydrogen-bond donors (Lipinski definition) is 3. The highest BCUT2D eigenvalue weighted by atomic mass is 16.6. The van der Waals surface area contributed by atoms with Gasteiger partial charge in [0.05, 0.1) is 24.0 Å². The lowest BCUT2D eigenvalue weighted by molar-refractivity contribution is -0.0508. The van der Waals surface area contributed by atoms with Gasteiger partial charge in [0.1, 0.15) is 18.3 Å². The monoisotopic (exact) mass is 250 g/mol. The Kier molecular flexibility index (Phi) is 2.79. The molecule has 2 unspecified atom stereocenters. The average Bonchev–Trinajstić information content (AvgIpc) is 2.93. The van der Waals surface area contributed by atoms with E-state index in [9.17, 15) is 10.2 Å². The van der Waals surface area contributed by atoms with Crippen LogP contribution in [0.4, 0.5) is 0 Å². The number of aliphatic hydroxyl groups is 3. The zero-order valence-electron chi connectivity index (χ0n) is 9.55. The van der Waals surface area contributed by atoms with Gasteiger partial charge in [0.15, 0.2) is 6.23 Å². The minimum absolute atomic E-state index is 0.332. The quantitative estimate of drug-likeness (QED) is 0.678. The second-order valence-electron chi connectivity index (χ2n) is 4.37. The number of para-hydroxylation sites is 2. The highest BCUT2D eigenvalue weighted by Gasteiger charge is 2.43. The molecule has 2 aromatic rings. The lowest BCUT2D eigenvalue weighted by Crippen LogP contribution is -2.33. The second kappa shape index (κ2) is 4.33. The molecule has 2 heterocycles. The topological polar surface area (TPSA) is 87.7 Å². The van der Waals surface area contributed by atoms with Crippen molar-refractivity contribution in [2.45, 2.75) is 24.5 Å². The minimum atomic E-state index is -1.10. The lowest BCUT2D eigenvalue weighted by Gasteiger charge is -2.16. The molecule has 1 saturated heterocycles. The maximum absolute atomic E-state index is 9.96. The van der Waals surface area contributed by atoms with Gasteiger partial charge < -0.3 is 24.6 Å². The van der Waals surface area contributed by atoms with E-state index in [0.717, 1.165) is 11.0 Å². The molecular weight excluding hydrogens is 236 g/mol. The van der Waals surface area contributed by atoms with Gasteiger partial charge in [-0.3, -0.25) is 0 Å². The molecule has 0 saturated carbocycles. The van der Waals surface area contributed by atoms with Crippen molar-refractivity contribution in [2.24, 2.45) is 0 Å². The first kappa shape index (κ1) is 11.6. The van der Waals surface area contributed by atoms with Crippen molar-refractivity contribution < 1.29 is 20.1 Å². The van der Waals surface area contributed by atoms with Crippen LogP contribution in [0, 0.1) is 0 Å². The van der Waals surface area contributed by atoms with Crippen LogP contribution in [0.1, 0.15) is 6.23 Å². The Labute approximate surface area is 103 Å². The highest BCUT2D eigenvalue weighted by Crippen LogP contribution is 2.31. The Morgan fingerprint density at radius 3 is 2.72 bits per heavy atom. The molecule has 0 amide bonds. The molecule has 0 radical (unpaired) electrons. The van der Waals surface area contributed by atoms with E-state index in [-0.39, 0.29) is 6.61 Å². The summed E-state index contributed by atoms with van der Waals surface area (Å²) in [5.74, 6) is 0. The number of nitrogens with zero attached hydrogens (tertiary/aromatic N) is 2. The van der Waals surface area contributed by atoms with Gasteiger partial charge in [0.25, 0.3) is 0 Å². The third kappa shape index (κ3) is 1.62. The second-order valence-corrected chi connectivity index (χ2v) is 4.37. The summed E-state index contributed by atoms with van der Waals surface area (Å²) in [6.07, 6.45) is -2.12. The zero-order valence-corrected chi connectivity index (χ0v) is 9.55. The fraction of sp³-hybridized carbons (Fsp3) is 0.417. The molecule has 1 aromatic heterocycles. The average molecular weight is 250 g/mol. The molecule has 4 atom stereocenters. The number of rotatable bonds is 2. The molecule has 1 fully saturated rings. The first-order valence-electron chi connectivity index (χ1n) is 5.76. The van der Waals surface area contributed by atoms with Crippen LogP contribution < -0.4 is 0 Å². The summed E-state index contributed by atoms with van der Waals surface area (Å²) in [6.45, 7) is -0.332. The van der Waals surface area contributed by atoms with Gasteiger partial charge >= 0.3 is 0 Å². The van der Waals surface area contributed by atoms with Crippen LogP contribution in [0.2, 0.25) is 0 Å². The predicted octanol–water partition coefficient (Wildman–Crippen LogP) is -0.352. The molecule has 1 aliphatic heterocycles. The summed E-state index contributed by atoms with van der Waals surface area (Å²) >= 11 is 0. The molecule has 6 nitrogen and oxygen atoms in total. The summed E-state index contributed by atoms with van der Waals surface area (Å²) in [4.78, 5) is 4.20. The normalized spacial score (nSPS) is 32.2. The Balaban J connectivity index is 2.00. The molecule has 0 aliphatic carbocycles. The van der Waals surface area contributed by atoms with Crippen molar-refractivity contribution >= 4 is 11.0 Å². The molecule has 6 heteroatoms. The molecular formula is C12H14N2O4. The van der Waals surface area contributed by atoms with Crippen LogP contribution in [0.25, 0.3) is 11.0 Å². The van der Waals surface area contributed by atoms with Gasteiger partial charge in [-0.15, -0.1) is 0 Å². The van der Waals surface area contributed by atoms with E-state index in [1.807, 2.05) is 24.3 Å². The highest BCUT2D eigenvalue weighted by molar-refractivity contribution is 5.75. The van der Waals surface area contributed by atoms with Crippen LogP contribution >= 0.6 is 0 Å². The van der Waals surface area contributed by atoms with Gasteiger partial charge in [-0.05, 0) is 12.1 Å². The Morgan fingerprint density at radius 2 is 2.00 bits per heavy atom. The van der Waals surface area contributed by atoms with Crippen molar-refractivity contribution in [1.82, 2.24) is 9.55 Å². The van der Waals surface area contributed by atoms with E-state index in [1.54, 1.807) is 10.9 Å². The number of imidazole rings is 1. The van der Waals surface area contributed by atoms with Crippen molar-refractivity contribution in [1.29, 1.82) is 0 Å². The molecule has 3 N–H and O–H groups in total. The van der Waals surface area contributed by atoms with Crippen LogP contribution in [-0.2, 0) is 4.74 Å². The maximum atomic E-state index is 9.96. The molecule has 1 aliphatic rings. The fourth-order valence-electron chi connectivity index (χ4n) is 2.29. The van der Waals surface area contributed by atoms with E-state index in [1.165, 1.54) is 0 Å². The van der Waals surface area contributed by atoms with Crippen molar-refractivity contribution in [3.8, 4) is 0 Å². The van der Waals surface area contributed by atoms with Crippen LogP contribution in [0.3, 0.4) is 0 Å². The molecule has 3 rings (SSSR count). The fourth-order valence-corrected chi connectivity index (χ4v) is 2.29. The van der Waals surface area contributed by atoms with Gasteiger partial charge in [-0.2, -0.15) is 0 Å². The number of hydrogen-bond acceptors (Lipinski definition) is 5. The predicted molar refractivity (Wildman–Crippen MR) is 62.7 cm³/mol. The Hall–Kier alpha value is -1.47. The lowest BCUT2D eigenvalue weighted by atomic mass is 10.1. The summed E-state index contributed by atoms with van der Waals surface area (Å²) in [7, 11) is 0. The number of benzene rings is 1. The Bertz CT molecular complexity index is 556. The van der Waals surface area contributed by atoms with E-state index < -0.39 is 24.5 Å². The van der Waals surface area contributed by atoms with Crippen LogP contribution in [0.5, 0.6) is 0 Å². The molecule has 0 bridgehead atoms. The summed E-state index contributed by atoms with van der Waals surface area (Å²) in [6, 6.07) is 7.45. The number of ether oxygens (including phenoxy) is 1. The molecule has 1 aromatic carbocycles. The summed E-state index contributed by atoms with van der Waals surface area (Å²) in [5.41, 5.74) is 1.60. The van der Waals surface area contributed by atoms with E-state index in [4.69, 9.17) is 9.84 Å². The number of fused-ring (bicyclic) bond motifs is 1. The summed E-state index contributed by atoms with van der Waals surface area (Å²) < 4.78 is 7.13.